The zero-order valence-corrected chi connectivity index (χ0v) is 16.9. The first-order valence-corrected chi connectivity index (χ1v) is 10.4. The Morgan fingerprint density at radius 2 is 2.07 bits per heavy atom. The zero-order valence-electron chi connectivity index (χ0n) is 15.3. The van der Waals surface area contributed by atoms with Gasteiger partial charge in [0.05, 0.1) is 27.0 Å². The van der Waals surface area contributed by atoms with Crippen molar-refractivity contribution in [2.45, 2.75) is 18.9 Å². The normalized spacial score (nSPS) is 10.9. The van der Waals surface area contributed by atoms with Crippen molar-refractivity contribution in [1.82, 2.24) is 9.97 Å². The molecule has 4 rings (SSSR count). The van der Waals surface area contributed by atoms with Crippen LogP contribution < -0.4 is 5.32 Å². The molecule has 0 aliphatic heterocycles. The van der Waals surface area contributed by atoms with Gasteiger partial charge >= 0.3 is 0 Å². The van der Waals surface area contributed by atoms with Gasteiger partial charge in [0.15, 0.2) is 5.13 Å². The summed E-state index contributed by atoms with van der Waals surface area (Å²) in [6.07, 6.45) is 0. The zero-order chi connectivity index (χ0) is 19.7. The number of hydrogen-bond acceptors (Lipinski definition) is 6. The van der Waals surface area contributed by atoms with Crippen LogP contribution in [-0.2, 0) is 4.79 Å². The molecule has 2 aromatic carbocycles. The lowest BCUT2D eigenvalue weighted by atomic mass is 10.1. The molecule has 0 atom stereocenters. The Kier molecular flexibility index (Phi) is 4.99. The summed E-state index contributed by atoms with van der Waals surface area (Å²) in [5.41, 5.74) is 4.38. The van der Waals surface area contributed by atoms with Crippen molar-refractivity contribution in [1.29, 1.82) is 5.26 Å². The van der Waals surface area contributed by atoms with Crippen molar-refractivity contribution in [3.63, 3.8) is 0 Å². The molecule has 0 saturated carbocycles. The third-order valence-corrected chi connectivity index (χ3v) is 6.21. The number of carbonyl (C=O) groups excluding carboxylic acids is 1. The van der Waals surface area contributed by atoms with Crippen molar-refractivity contribution in [3.05, 3.63) is 59.2 Å². The predicted molar refractivity (Wildman–Crippen MR) is 115 cm³/mol. The van der Waals surface area contributed by atoms with Gasteiger partial charge in [-0.3, -0.25) is 4.79 Å². The number of nitriles is 1. The lowest BCUT2D eigenvalue weighted by Crippen LogP contribution is -2.14. The van der Waals surface area contributed by atoms with Crippen molar-refractivity contribution in [2.75, 3.05) is 11.1 Å². The highest BCUT2D eigenvalue weighted by Crippen LogP contribution is 2.28. The Balaban J connectivity index is 1.51. The number of para-hydroxylation sites is 1. The van der Waals surface area contributed by atoms with Crippen molar-refractivity contribution < 1.29 is 4.79 Å². The number of thiazole rings is 1. The summed E-state index contributed by atoms with van der Waals surface area (Å²) in [4.78, 5) is 21.5. The molecular formula is C21H16N4OS2. The number of aromatic nitrogens is 2. The number of carbonyl (C=O) groups is 1. The van der Waals surface area contributed by atoms with Gasteiger partial charge in [-0.25, -0.2) is 9.97 Å². The fourth-order valence-electron chi connectivity index (χ4n) is 2.90. The number of nitrogens with zero attached hydrogens (tertiary/aromatic N) is 3. The number of rotatable bonds is 4. The van der Waals surface area contributed by atoms with Crippen LogP contribution in [0.3, 0.4) is 0 Å². The fourth-order valence-corrected chi connectivity index (χ4v) is 4.52. The number of hydrogen-bond donors (Lipinski definition) is 1. The van der Waals surface area contributed by atoms with Crippen molar-refractivity contribution >= 4 is 55.3 Å². The van der Waals surface area contributed by atoms with E-state index < -0.39 is 0 Å². The van der Waals surface area contributed by atoms with Crippen LogP contribution in [0.4, 0.5) is 5.13 Å². The van der Waals surface area contributed by atoms with E-state index in [0.29, 0.717) is 15.7 Å². The smallest absolute Gasteiger partial charge is 0.236 e. The molecule has 7 heteroatoms. The second-order valence-electron chi connectivity index (χ2n) is 6.43. The second-order valence-corrected chi connectivity index (χ2v) is 8.42. The summed E-state index contributed by atoms with van der Waals surface area (Å²) in [6, 6.07) is 15.9. The number of aryl methyl sites for hydroxylation is 2. The van der Waals surface area contributed by atoms with E-state index in [1.807, 2.05) is 56.3 Å². The van der Waals surface area contributed by atoms with Crippen LogP contribution >= 0.6 is 23.1 Å². The highest BCUT2D eigenvalue weighted by atomic mass is 32.2. The maximum absolute atomic E-state index is 12.4. The summed E-state index contributed by atoms with van der Waals surface area (Å²) in [6.45, 7) is 4.00. The molecule has 0 saturated heterocycles. The monoisotopic (exact) mass is 404 g/mol. The number of thioether (sulfide) groups is 1. The molecule has 138 valence electrons. The Labute approximate surface area is 170 Å². The van der Waals surface area contributed by atoms with Crippen LogP contribution in [0.1, 0.15) is 16.7 Å². The average molecular weight is 405 g/mol. The molecule has 0 aliphatic rings. The standard InChI is InChI=1S/C21H16N4OS2/c1-12-6-7-17-16(8-12)23-21(28-17)24-18(26)11-27-20-15(10-22)9-14-5-3-4-13(2)19(14)25-20/h3-9H,11H2,1-2H3,(H,23,24,26). The molecule has 2 aromatic heterocycles. The van der Waals surface area contributed by atoms with E-state index in [1.165, 1.54) is 23.1 Å². The molecule has 0 spiro atoms. The molecule has 1 amide bonds. The third kappa shape index (κ3) is 3.70. The van der Waals surface area contributed by atoms with Gasteiger partial charge in [-0.1, -0.05) is 47.4 Å². The van der Waals surface area contributed by atoms with Crippen molar-refractivity contribution in [2.24, 2.45) is 0 Å². The summed E-state index contributed by atoms with van der Waals surface area (Å²) in [7, 11) is 0. The fraction of sp³-hybridized carbons (Fsp3) is 0.143. The first-order chi connectivity index (χ1) is 13.5. The number of benzene rings is 2. The van der Waals surface area contributed by atoms with E-state index in [1.54, 1.807) is 0 Å². The molecule has 0 aliphatic carbocycles. The molecule has 1 N–H and O–H groups in total. The van der Waals surface area contributed by atoms with Crippen LogP contribution in [0.5, 0.6) is 0 Å². The Morgan fingerprint density at radius 1 is 1.21 bits per heavy atom. The highest BCUT2D eigenvalue weighted by molar-refractivity contribution is 8.00. The average Bonchev–Trinajstić information content (AvgIpc) is 3.07. The minimum atomic E-state index is -0.170. The number of nitrogens with one attached hydrogen (secondary N) is 1. The van der Waals surface area contributed by atoms with Crippen LogP contribution in [0.25, 0.3) is 21.1 Å². The third-order valence-electron chi connectivity index (χ3n) is 4.26. The van der Waals surface area contributed by atoms with Crippen LogP contribution in [0, 0.1) is 25.2 Å². The highest BCUT2D eigenvalue weighted by Gasteiger charge is 2.13. The van der Waals surface area contributed by atoms with Gasteiger partial charge in [-0.15, -0.1) is 0 Å². The maximum atomic E-state index is 12.4. The van der Waals surface area contributed by atoms with Gasteiger partial charge < -0.3 is 5.32 Å². The topological polar surface area (TPSA) is 78.7 Å². The first-order valence-electron chi connectivity index (χ1n) is 8.64. The molecule has 0 bridgehead atoms. The van der Waals surface area contributed by atoms with E-state index in [2.05, 4.69) is 21.4 Å². The molecule has 0 unspecified atom stereocenters. The molecule has 28 heavy (non-hydrogen) atoms. The van der Waals surface area contributed by atoms with Gasteiger partial charge in [0, 0.05) is 5.39 Å². The number of anilines is 1. The minimum absolute atomic E-state index is 0.161. The first kappa shape index (κ1) is 18.4. The lowest BCUT2D eigenvalue weighted by Gasteiger charge is -2.07. The van der Waals surface area contributed by atoms with E-state index in [0.717, 1.165) is 32.2 Å². The van der Waals surface area contributed by atoms with Gasteiger partial charge in [-0.2, -0.15) is 5.26 Å². The van der Waals surface area contributed by atoms with Gasteiger partial charge in [0.1, 0.15) is 11.1 Å². The quantitative estimate of drug-likeness (QED) is 0.481. The largest absolute Gasteiger partial charge is 0.301 e. The van der Waals surface area contributed by atoms with E-state index >= 15 is 0 Å². The second kappa shape index (κ2) is 7.58. The molecule has 5 nitrogen and oxygen atoms in total. The van der Waals surface area contributed by atoms with Crippen LogP contribution in [0.15, 0.2) is 47.5 Å². The molecule has 4 aromatic rings. The van der Waals surface area contributed by atoms with Crippen molar-refractivity contribution in [3.8, 4) is 6.07 Å². The lowest BCUT2D eigenvalue weighted by molar-refractivity contribution is -0.113. The molecule has 0 radical (unpaired) electrons. The maximum Gasteiger partial charge on any atom is 0.236 e. The summed E-state index contributed by atoms with van der Waals surface area (Å²) < 4.78 is 1.03. The summed E-state index contributed by atoms with van der Waals surface area (Å²) in [5.74, 6) is -0.00931. The predicted octanol–water partition coefficient (Wildman–Crippen LogP) is 5.06. The van der Waals surface area contributed by atoms with Crippen LogP contribution in [-0.4, -0.2) is 21.6 Å². The van der Waals surface area contributed by atoms with Crippen LogP contribution in [0.2, 0.25) is 0 Å². The number of pyridine rings is 1. The summed E-state index contributed by atoms with van der Waals surface area (Å²) >= 11 is 2.71. The molecular weight excluding hydrogens is 388 g/mol. The van der Waals surface area contributed by atoms with E-state index in [9.17, 15) is 10.1 Å². The summed E-state index contributed by atoms with van der Waals surface area (Å²) in [5, 5.41) is 14.4. The molecule has 0 fully saturated rings. The van der Waals surface area contributed by atoms with Gasteiger partial charge in [-0.05, 0) is 43.2 Å². The van der Waals surface area contributed by atoms with E-state index in [-0.39, 0.29) is 11.7 Å². The Hall–Kier alpha value is -2.95. The van der Waals surface area contributed by atoms with Gasteiger partial charge in [0.25, 0.3) is 0 Å². The van der Waals surface area contributed by atoms with E-state index in [4.69, 9.17) is 0 Å². The number of amides is 1. The Morgan fingerprint density at radius 3 is 2.89 bits per heavy atom. The molecule has 2 heterocycles. The SMILES string of the molecule is Cc1ccc2sc(NC(=O)CSc3nc4c(C)cccc4cc3C#N)nc2c1. The Bertz CT molecular complexity index is 1260. The number of fused-ring (bicyclic) bond motifs is 2. The minimum Gasteiger partial charge on any atom is -0.301 e. The van der Waals surface area contributed by atoms with Gasteiger partial charge in [0.2, 0.25) is 5.91 Å².